The van der Waals surface area contributed by atoms with Gasteiger partial charge < -0.3 is 10.1 Å². The lowest BCUT2D eigenvalue weighted by Gasteiger charge is -2.27. The first-order chi connectivity index (χ1) is 14.9. The smallest absolute Gasteiger partial charge is 0.417 e. The van der Waals surface area contributed by atoms with Crippen molar-refractivity contribution in [1.82, 2.24) is 9.88 Å². The van der Waals surface area contributed by atoms with Gasteiger partial charge in [0.1, 0.15) is 10.5 Å². The highest BCUT2D eigenvalue weighted by molar-refractivity contribution is 7.91. The van der Waals surface area contributed by atoms with E-state index in [1.807, 2.05) is 0 Å². The van der Waals surface area contributed by atoms with E-state index in [9.17, 15) is 22.8 Å². The maximum absolute atomic E-state index is 12.7. The average molecular weight is 480 g/mol. The number of fused-ring (bicyclic) bond motifs is 1. The molecule has 2 aromatic rings. The van der Waals surface area contributed by atoms with Crippen molar-refractivity contribution in [2.75, 3.05) is 17.6 Å². The SMILES string of the molecule is CCS(=O)(=O)c1ccc(CC(=O)Nc2nc3c(s2)C(=O)N(C(=O)OC(C)(C)C)CC3)cc1. The van der Waals surface area contributed by atoms with Gasteiger partial charge in [0.25, 0.3) is 5.91 Å². The van der Waals surface area contributed by atoms with Gasteiger partial charge in [-0.25, -0.2) is 23.1 Å². The molecule has 3 rings (SSSR count). The molecule has 1 N–H and O–H groups in total. The van der Waals surface area contributed by atoms with Crippen molar-refractivity contribution in [3.05, 3.63) is 40.4 Å². The van der Waals surface area contributed by atoms with Crippen LogP contribution in [0, 0.1) is 0 Å². The van der Waals surface area contributed by atoms with Gasteiger partial charge in [-0.3, -0.25) is 9.59 Å². The minimum Gasteiger partial charge on any atom is -0.443 e. The lowest BCUT2D eigenvalue weighted by molar-refractivity contribution is -0.115. The zero-order valence-electron chi connectivity index (χ0n) is 18.3. The predicted molar refractivity (Wildman–Crippen MR) is 120 cm³/mol. The van der Waals surface area contributed by atoms with Crippen LogP contribution in [0.1, 0.15) is 48.6 Å². The van der Waals surface area contributed by atoms with Crippen LogP contribution < -0.4 is 5.32 Å². The third-order valence-corrected chi connectivity index (χ3v) is 7.35. The van der Waals surface area contributed by atoms with Gasteiger partial charge in [-0.1, -0.05) is 30.4 Å². The Kier molecular flexibility index (Phi) is 6.70. The lowest BCUT2D eigenvalue weighted by atomic mass is 10.1. The van der Waals surface area contributed by atoms with Gasteiger partial charge in [-0.2, -0.15) is 0 Å². The fraction of sp³-hybridized carbons (Fsp3) is 0.429. The molecule has 11 heteroatoms. The number of nitrogens with one attached hydrogen (secondary N) is 1. The first kappa shape index (κ1) is 23.9. The molecule has 2 heterocycles. The largest absolute Gasteiger partial charge is 0.443 e. The van der Waals surface area contributed by atoms with Gasteiger partial charge in [-0.15, -0.1) is 0 Å². The van der Waals surface area contributed by atoms with Crippen molar-refractivity contribution in [3.8, 4) is 0 Å². The monoisotopic (exact) mass is 479 g/mol. The maximum atomic E-state index is 12.7. The summed E-state index contributed by atoms with van der Waals surface area (Å²) in [6, 6.07) is 6.15. The predicted octanol–water partition coefficient (Wildman–Crippen LogP) is 3.05. The van der Waals surface area contributed by atoms with Crippen LogP contribution in [-0.2, 0) is 32.2 Å². The second-order valence-electron chi connectivity index (χ2n) is 8.25. The summed E-state index contributed by atoms with van der Waals surface area (Å²) in [7, 11) is -3.30. The highest BCUT2D eigenvalue weighted by Crippen LogP contribution is 2.29. The Bertz CT molecular complexity index is 1150. The molecule has 1 aromatic carbocycles. The Hall–Kier alpha value is -2.79. The van der Waals surface area contributed by atoms with Crippen LogP contribution in [0.25, 0.3) is 0 Å². The lowest BCUT2D eigenvalue weighted by Crippen LogP contribution is -2.44. The summed E-state index contributed by atoms with van der Waals surface area (Å²) < 4.78 is 29.1. The fourth-order valence-corrected chi connectivity index (χ4v) is 4.87. The van der Waals surface area contributed by atoms with Crippen LogP contribution >= 0.6 is 11.3 Å². The molecule has 1 aromatic heterocycles. The summed E-state index contributed by atoms with van der Waals surface area (Å²) in [5, 5.41) is 2.94. The van der Waals surface area contributed by atoms with E-state index >= 15 is 0 Å². The second kappa shape index (κ2) is 8.99. The van der Waals surface area contributed by atoms with Gasteiger partial charge in [0, 0.05) is 13.0 Å². The Morgan fingerprint density at radius 1 is 1.22 bits per heavy atom. The Morgan fingerprint density at radius 2 is 1.88 bits per heavy atom. The molecular formula is C21H25N3O6S2. The summed E-state index contributed by atoms with van der Waals surface area (Å²) in [5.41, 5.74) is 0.457. The van der Waals surface area contributed by atoms with E-state index in [-0.39, 0.29) is 34.7 Å². The third kappa shape index (κ3) is 5.52. The zero-order chi connectivity index (χ0) is 23.7. The quantitative estimate of drug-likeness (QED) is 0.699. The molecular weight excluding hydrogens is 454 g/mol. The number of sulfone groups is 1. The van der Waals surface area contributed by atoms with Gasteiger partial charge in [-0.05, 0) is 38.5 Å². The molecule has 32 heavy (non-hydrogen) atoms. The number of hydrogen-bond donors (Lipinski definition) is 1. The molecule has 0 fully saturated rings. The molecule has 0 saturated carbocycles. The van der Waals surface area contributed by atoms with Gasteiger partial charge >= 0.3 is 6.09 Å². The van der Waals surface area contributed by atoms with Crippen LogP contribution in [0.5, 0.6) is 0 Å². The topological polar surface area (TPSA) is 123 Å². The molecule has 1 aliphatic rings. The van der Waals surface area contributed by atoms with E-state index in [0.717, 1.165) is 16.2 Å². The number of nitrogens with zero attached hydrogens (tertiary/aromatic N) is 2. The average Bonchev–Trinajstić information content (AvgIpc) is 3.10. The first-order valence-electron chi connectivity index (χ1n) is 10.1. The molecule has 172 valence electrons. The third-order valence-electron chi connectivity index (χ3n) is 4.60. The number of amides is 3. The summed E-state index contributed by atoms with van der Waals surface area (Å²) >= 11 is 1.01. The molecule has 0 bridgehead atoms. The highest BCUT2D eigenvalue weighted by Gasteiger charge is 2.35. The van der Waals surface area contributed by atoms with E-state index in [2.05, 4.69) is 10.3 Å². The van der Waals surface area contributed by atoms with E-state index in [4.69, 9.17) is 4.74 Å². The number of hydrogen-bond acceptors (Lipinski definition) is 8. The number of aromatic nitrogens is 1. The minimum atomic E-state index is -3.30. The van der Waals surface area contributed by atoms with Crippen molar-refractivity contribution in [1.29, 1.82) is 0 Å². The zero-order valence-corrected chi connectivity index (χ0v) is 19.9. The molecule has 3 amide bonds. The molecule has 0 spiro atoms. The van der Waals surface area contributed by atoms with Gasteiger partial charge in [0.15, 0.2) is 15.0 Å². The van der Waals surface area contributed by atoms with Crippen LogP contribution in [0.15, 0.2) is 29.2 Å². The normalized spacial score (nSPS) is 14.1. The minimum absolute atomic E-state index is 0.00558. The second-order valence-corrected chi connectivity index (χ2v) is 11.5. The molecule has 1 aliphatic heterocycles. The van der Waals surface area contributed by atoms with Gasteiger partial charge in [0.2, 0.25) is 5.91 Å². The summed E-state index contributed by atoms with van der Waals surface area (Å²) in [6.45, 7) is 6.90. The van der Waals surface area contributed by atoms with E-state index in [0.29, 0.717) is 22.6 Å². The van der Waals surface area contributed by atoms with Crippen molar-refractivity contribution in [2.45, 2.75) is 51.0 Å². The number of carbonyl (C=O) groups excluding carboxylic acids is 3. The maximum Gasteiger partial charge on any atom is 0.417 e. The Labute approximate surface area is 190 Å². The molecule has 0 unspecified atom stereocenters. The number of ether oxygens (including phenoxy) is 1. The molecule has 0 aliphatic carbocycles. The number of benzene rings is 1. The van der Waals surface area contributed by atoms with Gasteiger partial charge in [0.05, 0.1) is 22.8 Å². The number of rotatable bonds is 5. The number of carbonyl (C=O) groups is 3. The fourth-order valence-electron chi connectivity index (χ4n) is 3.00. The summed E-state index contributed by atoms with van der Waals surface area (Å²) in [4.78, 5) is 43.3. The van der Waals surface area contributed by atoms with Crippen LogP contribution in [0.4, 0.5) is 9.93 Å². The van der Waals surface area contributed by atoms with Crippen molar-refractivity contribution >= 4 is 44.2 Å². The summed E-state index contributed by atoms with van der Waals surface area (Å²) in [6.07, 6.45) is -0.310. The van der Waals surface area contributed by atoms with E-state index in [1.54, 1.807) is 39.8 Å². The van der Waals surface area contributed by atoms with Crippen molar-refractivity contribution in [2.24, 2.45) is 0 Å². The Balaban J connectivity index is 1.65. The van der Waals surface area contributed by atoms with Crippen LogP contribution in [0.2, 0.25) is 0 Å². The number of thiazole rings is 1. The number of anilines is 1. The van der Waals surface area contributed by atoms with Crippen LogP contribution in [0.3, 0.4) is 0 Å². The van der Waals surface area contributed by atoms with Crippen LogP contribution in [-0.4, -0.2) is 54.1 Å². The highest BCUT2D eigenvalue weighted by atomic mass is 32.2. The molecule has 0 radical (unpaired) electrons. The van der Waals surface area contributed by atoms with Crippen molar-refractivity contribution < 1.29 is 27.5 Å². The number of imide groups is 1. The molecule has 0 saturated heterocycles. The molecule has 0 atom stereocenters. The standard InChI is InChI=1S/C21H25N3O6S2/c1-5-32(28,29)14-8-6-13(7-9-14)12-16(25)23-19-22-15-10-11-24(18(26)17(15)31-19)20(27)30-21(2,3)4/h6-9H,5,10-12H2,1-4H3,(H,22,23,25). The van der Waals surface area contributed by atoms with Crippen molar-refractivity contribution in [3.63, 3.8) is 0 Å². The first-order valence-corrected chi connectivity index (χ1v) is 12.5. The van der Waals surface area contributed by atoms with E-state index in [1.165, 1.54) is 12.1 Å². The summed E-state index contributed by atoms with van der Waals surface area (Å²) in [5.74, 6) is -0.837. The van der Waals surface area contributed by atoms with E-state index < -0.39 is 27.4 Å². The molecule has 9 nitrogen and oxygen atoms in total. The Morgan fingerprint density at radius 3 is 2.47 bits per heavy atom.